The van der Waals surface area contributed by atoms with E-state index in [2.05, 4.69) is 6.92 Å². The molecule has 0 bridgehead atoms. The first-order valence-electron chi connectivity index (χ1n) is 10.6. The van der Waals surface area contributed by atoms with Gasteiger partial charge < -0.3 is 0 Å². The summed E-state index contributed by atoms with van der Waals surface area (Å²) >= 11 is 0. The van der Waals surface area contributed by atoms with Gasteiger partial charge in [-0.2, -0.15) is 0 Å². The van der Waals surface area contributed by atoms with Crippen LogP contribution in [0.2, 0.25) is 0 Å². The highest BCUT2D eigenvalue weighted by atomic mass is 19.2. The summed E-state index contributed by atoms with van der Waals surface area (Å²) in [6.45, 7) is 3.71. The molecule has 0 unspecified atom stereocenters. The van der Waals surface area contributed by atoms with E-state index in [4.69, 9.17) is 0 Å². The number of halogens is 2. The van der Waals surface area contributed by atoms with E-state index in [0.29, 0.717) is 16.7 Å². The number of carbonyl (C=O) groups is 1. The first-order valence-corrected chi connectivity index (χ1v) is 10.6. The van der Waals surface area contributed by atoms with Crippen molar-refractivity contribution in [2.45, 2.75) is 71.1 Å². The van der Waals surface area contributed by atoms with Crippen molar-refractivity contribution in [2.24, 2.45) is 5.92 Å². The number of Topliss-reactive ketones (excluding diaryl/α,β-unsaturated/α-hetero) is 1. The second kappa shape index (κ2) is 9.45. The molecule has 0 radical (unpaired) electrons. The highest BCUT2D eigenvalue weighted by Gasteiger charge is 2.26. The molecular weight excluding hydrogens is 354 g/mol. The zero-order valence-electron chi connectivity index (χ0n) is 16.9. The Labute approximate surface area is 167 Å². The van der Waals surface area contributed by atoms with Crippen molar-refractivity contribution in [2.75, 3.05) is 0 Å². The average Bonchev–Trinajstić information content (AvgIpc) is 2.71. The van der Waals surface area contributed by atoms with Gasteiger partial charge in [0.25, 0.3) is 0 Å². The van der Waals surface area contributed by atoms with Crippen LogP contribution in [0.5, 0.6) is 0 Å². The first kappa shape index (κ1) is 20.7. The third-order valence-corrected chi connectivity index (χ3v) is 6.22. The lowest BCUT2D eigenvalue weighted by Gasteiger charge is -2.29. The quantitative estimate of drug-likeness (QED) is 0.353. The standard InChI is InChI=1S/C25H30F2O/c1-3-4-5-6-18-7-9-20(10-8-18)22-15-16-23(25(27)24(22)26)21-13-11-19(12-14-21)17(2)28/h11-16,18,20H,3-10H2,1-2H3. The van der Waals surface area contributed by atoms with Crippen LogP contribution in [0, 0.1) is 17.6 Å². The van der Waals surface area contributed by atoms with E-state index in [0.717, 1.165) is 31.6 Å². The molecule has 150 valence electrons. The second-order valence-electron chi connectivity index (χ2n) is 8.18. The fraction of sp³-hybridized carbons (Fsp3) is 0.480. The van der Waals surface area contributed by atoms with E-state index in [1.807, 2.05) is 0 Å². The first-order chi connectivity index (χ1) is 13.5. The van der Waals surface area contributed by atoms with Crippen molar-refractivity contribution < 1.29 is 13.6 Å². The van der Waals surface area contributed by atoms with Crippen LogP contribution < -0.4 is 0 Å². The van der Waals surface area contributed by atoms with Crippen LogP contribution in [-0.2, 0) is 0 Å². The lowest BCUT2D eigenvalue weighted by molar-refractivity contribution is 0.101. The number of hydrogen-bond acceptors (Lipinski definition) is 1. The topological polar surface area (TPSA) is 17.1 Å². The normalized spacial score (nSPS) is 19.6. The van der Waals surface area contributed by atoms with Gasteiger partial charge in [-0.3, -0.25) is 4.79 Å². The SMILES string of the molecule is CCCCCC1CCC(c2ccc(-c3ccc(C(C)=O)cc3)c(F)c2F)CC1. The van der Waals surface area contributed by atoms with Gasteiger partial charge in [0.1, 0.15) is 0 Å². The zero-order valence-corrected chi connectivity index (χ0v) is 16.9. The van der Waals surface area contributed by atoms with Crippen molar-refractivity contribution >= 4 is 5.78 Å². The van der Waals surface area contributed by atoms with Gasteiger partial charge in [-0.25, -0.2) is 8.78 Å². The van der Waals surface area contributed by atoms with Crippen molar-refractivity contribution in [1.82, 2.24) is 0 Å². The highest BCUT2D eigenvalue weighted by Crippen LogP contribution is 2.40. The van der Waals surface area contributed by atoms with Crippen LogP contribution >= 0.6 is 0 Å². The lowest BCUT2D eigenvalue weighted by Crippen LogP contribution is -2.15. The van der Waals surface area contributed by atoms with Crippen molar-refractivity contribution in [3.63, 3.8) is 0 Å². The van der Waals surface area contributed by atoms with Crippen LogP contribution in [0.3, 0.4) is 0 Å². The summed E-state index contributed by atoms with van der Waals surface area (Å²) < 4.78 is 29.7. The molecule has 0 aromatic heterocycles. The summed E-state index contributed by atoms with van der Waals surface area (Å²) in [4.78, 5) is 11.4. The molecule has 3 heteroatoms. The highest BCUT2D eigenvalue weighted by molar-refractivity contribution is 5.94. The molecule has 1 fully saturated rings. The van der Waals surface area contributed by atoms with E-state index in [9.17, 15) is 13.6 Å². The van der Waals surface area contributed by atoms with Gasteiger partial charge in [-0.1, -0.05) is 69.0 Å². The Morgan fingerprint density at radius 1 is 0.929 bits per heavy atom. The Morgan fingerprint density at radius 3 is 2.21 bits per heavy atom. The zero-order chi connectivity index (χ0) is 20.1. The predicted molar refractivity (Wildman–Crippen MR) is 111 cm³/mol. The third-order valence-electron chi connectivity index (χ3n) is 6.22. The monoisotopic (exact) mass is 384 g/mol. The molecule has 1 saturated carbocycles. The summed E-state index contributed by atoms with van der Waals surface area (Å²) in [7, 11) is 0. The summed E-state index contributed by atoms with van der Waals surface area (Å²) in [6, 6.07) is 10.1. The fourth-order valence-electron chi connectivity index (χ4n) is 4.43. The van der Waals surface area contributed by atoms with E-state index in [1.54, 1.807) is 36.4 Å². The lowest BCUT2D eigenvalue weighted by atomic mass is 9.76. The molecule has 3 rings (SSSR count). The Kier molecular flexibility index (Phi) is 6.98. The minimum atomic E-state index is -0.779. The molecule has 0 amide bonds. The van der Waals surface area contributed by atoms with Crippen LogP contribution in [-0.4, -0.2) is 5.78 Å². The predicted octanol–water partition coefficient (Wildman–Crippen LogP) is 7.69. The number of ketones is 1. The molecule has 0 atom stereocenters. The number of carbonyl (C=O) groups excluding carboxylic acids is 1. The van der Waals surface area contributed by atoms with E-state index in [1.165, 1.54) is 32.6 Å². The van der Waals surface area contributed by atoms with Gasteiger partial charge in [0, 0.05) is 11.1 Å². The summed E-state index contributed by atoms with van der Waals surface area (Å²) in [5.41, 5.74) is 1.93. The average molecular weight is 385 g/mol. The van der Waals surface area contributed by atoms with Gasteiger partial charge in [0.05, 0.1) is 0 Å². The number of benzene rings is 2. The number of hydrogen-bond donors (Lipinski definition) is 0. The second-order valence-corrected chi connectivity index (χ2v) is 8.18. The Balaban J connectivity index is 1.71. The Morgan fingerprint density at radius 2 is 1.61 bits per heavy atom. The minimum Gasteiger partial charge on any atom is -0.295 e. The summed E-state index contributed by atoms with van der Waals surface area (Å²) in [5, 5.41) is 0. The van der Waals surface area contributed by atoms with E-state index >= 15 is 0 Å². The van der Waals surface area contributed by atoms with E-state index in [-0.39, 0.29) is 17.3 Å². The molecule has 28 heavy (non-hydrogen) atoms. The smallest absolute Gasteiger partial charge is 0.166 e. The van der Waals surface area contributed by atoms with Crippen LogP contribution in [0.1, 0.15) is 87.1 Å². The maximum atomic E-state index is 14.9. The Bertz CT molecular complexity index is 802. The molecule has 0 saturated heterocycles. The molecule has 0 spiro atoms. The van der Waals surface area contributed by atoms with Gasteiger partial charge in [-0.05, 0) is 55.6 Å². The molecule has 1 nitrogen and oxygen atoms in total. The van der Waals surface area contributed by atoms with Crippen molar-refractivity contribution in [3.05, 3.63) is 59.2 Å². The Hall–Kier alpha value is -2.03. The maximum Gasteiger partial charge on any atom is 0.166 e. The fourth-order valence-corrected chi connectivity index (χ4v) is 4.43. The largest absolute Gasteiger partial charge is 0.295 e. The molecule has 2 aromatic rings. The van der Waals surface area contributed by atoms with Crippen LogP contribution in [0.25, 0.3) is 11.1 Å². The van der Waals surface area contributed by atoms with Crippen molar-refractivity contribution in [3.8, 4) is 11.1 Å². The van der Waals surface area contributed by atoms with Crippen molar-refractivity contribution in [1.29, 1.82) is 0 Å². The maximum absolute atomic E-state index is 14.9. The van der Waals surface area contributed by atoms with Crippen LogP contribution in [0.15, 0.2) is 36.4 Å². The van der Waals surface area contributed by atoms with Gasteiger partial charge in [0.15, 0.2) is 17.4 Å². The molecule has 0 heterocycles. The summed E-state index contributed by atoms with van der Waals surface area (Å²) in [5.74, 6) is -0.666. The molecular formula is C25H30F2O. The number of unbranched alkanes of at least 4 members (excludes halogenated alkanes) is 2. The van der Waals surface area contributed by atoms with Gasteiger partial charge in [0.2, 0.25) is 0 Å². The molecule has 0 N–H and O–H groups in total. The van der Waals surface area contributed by atoms with Gasteiger partial charge in [-0.15, -0.1) is 0 Å². The molecule has 2 aromatic carbocycles. The summed E-state index contributed by atoms with van der Waals surface area (Å²) in [6.07, 6.45) is 9.20. The van der Waals surface area contributed by atoms with Gasteiger partial charge >= 0.3 is 0 Å². The molecule has 1 aliphatic rings. The van der Waals surface area contributed by atoms with Crippen LogP contribution in [0.4, 0.5) is 8.78 Å². The minimum absolute atomic E-state index is 0.0427. The number of rotatable bonds is 7. The molecule has 1 aliphatic carbocycles. The van der Waals surface area contributed by atoms with E-state index < -0.39 is 11.6 Å². The third kappa shape index (κ3) is 4.68. The molecule has 0 aliphatic heterocycles.